The number of likely N-dealkylation sites (tertiary alicyclic amines) is 1. The number of carbonyl (C=O) groups excluding carboxylic acids is 1. The zero-order valence-electron chi connectivity index (χ0n) is 14.2. The van der Waals surface area contributed by atoms with Crippen LogP contribution in [0.2, 0.25) is 0 Å². The Kier molecular flexibility index (Phi) is 5.59. The summed E-state index contributed by atoms with van der Waals surface area (Å²) in [5.74, 6) is 1.65. The van der Waals surface area contributed by atoms with Crippen molar-refractivity contribution in [1.29, 1.82) is 0 Å². The van der Waals surface area contributed by atoms with Crippen LogP contribution in [0, 0.1) is 11.8 Å². The molecule has 1 heterocycles. The molecule has 1 saturated heterocycles. The van der Waals surface area contributed by atoms with Gasteiger partial charge < -0.3 is 4.90 Å². The molecule has 0 spiro atoms. The second-order valence-corrected chi connectivity index (χ2v) is 9.28. The molecule has 0 N–H and O–H groups in total. The molecule has 0 radical (unpaired) electrons. The molecule has 0 bridgehead atoms. The summed E-state index contributed by atoms with van der Waals surface area (Å²) < 4.78 is 24.5. The van der Waals surface area contributed by atoms with Gasteiger partial charge in [0.05, 0.1) is 10.6 Å². The van der Waals surface area contributed by atoms with Gasteiger partial charge in [-0.3, -0.25) is 4.79 Å². The third-order valence-corrected chi connectivity index (χ3v) is 7.37. The van der Waals surface area contributed by atoms with Crippen molar-refractivity contribution in [3.05, 3.63) is 30.3 Å². The summed E-state index contributed by atoms with van der Waals surface area (Å²) in [5, 5.41) is 0. The van der Waals surface area contributed by atoms with E-state index in [1.54, 1.807) is 30.3 Å². The van der Waals surface area contributed by atoms with Crippen molar-refractivity contribution in [2.45, 2.75) is 49.8 Å². The highest BCUT2D eigenvalue weighted by molar-refractivity contribution is 7.91. The molecule has 24 heavy (non-hydrogen) atoms. The van der Waals surface area contributed by atoms with Gasteiger partial charge in [-0.05, 0) is 43.2 Å². The minimum Gasteiger partial charge on any atom is -0.342 e. The van der Waals surface area contributed by atoms with E-state index in [9.17, 15) is 13.2 Å². The summed E-state index contributed by atoms with van der Waals surface area (Å²) in [6.07, 6.45) is 7.06. The van der Waals surface area contributed by atoms with Crippen LogP contribution in [-0.2, 0) is 14.6 Å². The third kappa shape index (κ3) is 4.18. The predicted octanol–water partition coefficient (Wildman–Crippen LogP) is 3.28. The molecule has 1 aromatic rings. The van der Waals surface area contributed by atoms with Crippen LogP contribution in [-0.4, -0.2) is 38.1 Å². The predicted molar refractivity (Wildman–Crippen MR) is 94.4 cm³/mol. The number of rotatable bonds is 5. The molecule has 2 fully saturated rings. The van der Waals surface area contributed by atoms with Gasteiger partial charge in [0, 0.05) is 19.5 Å². The molecule has 1 saturated carbocycles. The van der Waals surface area contributed by atoms with Crippen molar-refractivity contribution in [3.63, 3.8) is 0 Å². The van der Waals surface area contributed by atoms with E-state index < -0.39 is 9.84 Å². The van der Waals surface area contributed by atoms with Gasteiger partial charge in [-0.2, -0.15) is 0 Å². The van der Waals surface area contributed by atoms with Gasteiger partial charge in [-0.25, -0.2) is 8.42 Å². The highest BCUT2D eigenvalue weighted by Gasteiger charge is 2.32. The molecular formula is C19H27NO3S. The van der Waals surface area contributed by atoms with Gasteiger partial charge in [-0.15, -0.1) is 0 Å². The number of sulfone groups is 1. The van der Waals surface area contributed by atoms with Crippen molar-refractivity contribution < 1.29 is 13.2 Å². The molecule has 2 aliphatic rings. The number of hydrogen-bond donors (Lipinski definition) is 0. The monoisotopic (exact) mass is 349 g/mol. The Morgan fingerprint density at radius 2 is 1.75 bits per heavy atom. The molecule has 1 aliphatic heterocycles. The fourth-order valence-electron chi connectivity index (χ4n) is 4.14. The van der Waals surface area contributed by atoms with Gasteiger partial charge in [-0.1, -0.05) is 37.5 Å². The Morgan fingerprint density at radius 1 is 1.04 bits per heavy atom. The molecule has 3 rings (SSSR count). The maximum atomic E-state index is 12.4. The quantitative estimate of drug-likeness (QED) is 0.820. The second-order valence-electron chi connectivity index (χ2n) is 7.17. The Bertz CT molecular complexity index is 656. The summed E-state index contributed by atoms with van der Waals surface area (Å²) >= 11 is 0. The second kappa shape index (κ2) is 7.68. The van der Waals surface area contributed by atoms with Crippen LogP contribution >= 0.6 is 0 Å². The van der Waals surface area contributed by atoms with Crippen molar-refractivity contribution in [2.75, 3.05) is 18.8 Å². The number of nitrogens with zero attached hydrogens (tertiary/aromatic N) is 1. The summed E-state index contributed by atoms with van der Waals surface area (Å²) in [7, 11) is -3.28. The van der Waals surface area contributed by atoms with Gasteiger partial charge >= 0.3 is 0 Å². The summed E-state index contributed by atoms with van der Waals surface area (Å²) in [6.45, 7) is 1.74. The Labute approximate surface area is 145 Å². The molecule has 5 heteroatoms. The molecular weight excluding hydrogens is 322 g/mol. The lowest BCUT2D eigenvalue weighted by molar-refractivity contribution is -0.134. The van der Waals surface area contributed by atoms with Crippen LogP contribution < -0.4 is 0 Å². The maximum Gasteiger partial charge on any atom is 0.222 e. The van der Waals surface area contributed by atoms with E-state index in [1.165, 1.54) is 25.7 Å². The van der Waals surface area contributed by atoms with Crippen LogP contribution in [0.25, 0.3) is 0 Å². The molecule has 1 aromatic carbocycles. The van der Waals surface area contributed by atoms with E-state index in [0.29, 0.717) is 23.7 Å². The van der Waals surface area contributed by atoms with E-state index >= 15 is 0 Å². The zero-order valence-corrected chi connectivity index (χ0v) is 15.0. The first-order chi connectivity index (χ1) is 11.6. The molecule has 0 aromatic heterocycles. The molecule has 1 aliphatic carbocycles. The minimum absolute atomic E-state index is 0.0443. The van der Waals surface area contributed by atoms with Gasteiger partial charge in [0.1, 0.15) is 0 Å². The lowest BCUT2D eigenvalue weighted by Crippen LogP contribution is -2.44. The van der Waals surface area contributed by atoms with Crippen molar-refractivity contribution >= 4 is 15.7 Å². The number of amides is 1. The van der Waals surface area contributed by atoms with Crippen LogP contribution in [0.1, 0.15) is 44.9 Å². The van der Waals surface area contributed by atoms with E-state index in [-0.39, 0.29) is 11.7 Å². The lowest BCUT2D eigenvalue weighted by atomic mass is 9.75. The van der Waals surface area contributed by atoms with E-state index in [4.69, 9.17) is 0 Å². The summed E-state index contributed by atoms with van der Waals surface area (Å²) in [4.78, 5) is 14.7. The molecule has 1 amide bonds. The number of carbonyl (C=O) groups is 1. The number of piperidine rings is 1. The highest BCUT2D eigenvalue weighted by atomic mass is 32.2. The molecule has 2 unspecified atom stereocenters. The average molecular weight is 349 g/mol. The standard InChI is InChI=1S/C19H27NO3S/c21-19(20-13-12-16-7-4-5-8-17(16)15-20)11-6-14-24(22,23)18-9-2-1-3-10-18/h1-3,9-10,16-17H,4-8,11-15H2. The summed E-state index contributed by atoms with van der Waals surface area (Å²) in [5.41, 5.74) is 0. The number of benzene rings is 1. The molecule has 132 valence electrons. The van der Waals surface area contributed by atoms with Crippen LogP contribution in [0.3, 0.4) is 0 Å². The lowest BCUT2D eigenvalue weighted by Gasteiger charge is -2.41. The fourth-order valence-corrected chi connectivity index (χ4v) is 5.48. The smallest absolute Gasteiger partial charge is 0.222 e. The van der Waals surface area contributed by atoms with Gasteiger partial charge in [0.25, 0.3) is 0 Å². The van der Waals surface area contributed by atoms with E-state index in [2.05, 4.69) is 0 Å². The zero-order chi connectivity index (χ0) is 17.0. The van der Waals surface area contributed by atoms with E-state index in [0.717, 1.165) is 25.4 Å². The van der Waals surface area contributed by atoms with Crippen LogP contribution in [0.4, 0.5) is 0 Å². The first-order valence-corrected chi connectivity index (χ1v) is 10.8. The largest absolute Gasteiger partial charge is 0.342 e. The van der Waals surface area contributed by atoms with E-state index in [1.807, 2.05) is 4.90 Å². The number of fused-ring (bicyclic) bond motifs is 1. The Morgan fingerprint density at radius 3 is 2.50 bits per heavy atom. The first kappa shape index (κ1) is 17.5. The Balaban J connectivity index is 1.47. The topological polar surface area (TPSA) is 54.5 Å². The van der Waals surface area contributed by atoms with Gasteiger partial charge in [0.2, 0.25) is 5.91 Å². The maximum absolute atomic E-state index is 12.4. The molecule has 2 atom stereocenters. The highest BCUT2D eigenvalue weighted by Crippen LogP contribution is 2.36. The minimum atomic E-state index is -3.28. The summed E-state index contributed by atoms with van der Waals surface area (Å²) in [6, 6.07) is 8.49. The third-order valence-electron chi connectivity index (χ3n) is 5.55. The SMILES string of the molecule is O=C(CCCS(=O)(=O)c1ccccc1)N1CCC2CCCCC2C1. The van der Waals surface area contributed by atoms with Gasteiger partial charge in [0.15, 0.2) is 9.84 Å². The van der Waals surface area contributed by atoms with Crippen molar-refractivity contribution in [2.24, 2.45) is 11.8 Å². The first-order valence-electron chi connectivity index (χ1n) is 9.12. The van der Waals surface area contributed by atoms with Crippen LogP contribution in [0.5, 0.6) is 0 Å². The van der Waals surface area contributed by atoms with Crippen molar-refractivity contribution in [1.82, 2.24) is 4.90 Å². The van der Waals surface area contributed by atoms with Crippen LogP contribution in [0.15, 0.2) is 35.2 Å². The average Bonchev–Trinajstić information content (AvgIpc) is 2.62. The fraction of sp³-hybridized carbons (Fsp3) is 0.632. The van der Waals surface area contributed by atoms with Crippen molar-refractivity contribution in [3.8, 4) is 0 Å². The number of hydrogen-bond acceptors (Lipinski definition) is 3. The normalized spacial score (nSPS) is 24.4. The molecule has 4 nitrogen and oxygen atoms in total. The Hall–Kier alpha value is -1.36.